The minimum Gasteiger partial charge on any atom is -0.374 e. The predicted octanol–water partition coefficient (Wildman–Crippen LogP) is 2.39. The second kappa shape index (κ2) is 7.53. The van der Waals surface area contributed by atoms with E-state index in [-0.39, 0.29) is 12.0 Å². The van der Waals surface area contributed by atoms with Gasteiger partial charge in [0.05, 0.1) is 19.3 Å². The summed E-state index contributed by atoms with van der Waals surface area (Å²) in [7, 11) is 2.10. The van der Waals surface area contributed by atoms with Crippen LogP contribution in [0.15, 0.2) is 11.6 Å². The highest BCUT2D eigenvalue weighted by Crippen LogP contribution is 2.29. The number of hydrogen-bond acceptors (Lipinski definition) is 5. The van der Waals surface area contributed by atoms with E-state index in [1.165, 1.54) is 37.0 Å². The summed E-state index contributed by atoms with van der Waals surface area (Å²) in [5.74, 6) is 0.767. The number of morpholine rings is 1. The van der Waals surface area contributed by atoms with Crippen LogP contribution in [0.4, 0.5) is 5.13 Å². The van der Waals surface area contributed by atoms with Crippen LogP contribution >= 0.6 is 11.3 Å². The maximum Gasteiger partial charge on any atom is 0.229 e. The van der Waals surface area contributed by atoms with Crippen LogP contribution < -0.4 is 4.90 Å². The van der Waals surface area contributed by atoms with Crippen molar-refractivity contribution in [3.63, 3.8) is 0 Å². The van der Waals surface area contributed by atoms with Gasteiger partial charge in [-0.2, -0.15) is 0 Å². The van der Waals surface area contributed by atoms with Gasteiger partial charge in [-0.15, -0.1) is 11.3 Å². The number of nitrogens with zero attached hydrogens (tertiary/aromatic N) is 3. The summed E-state index contributed by atoms with van der Waals surface area (Å²) in [4.78, 5) is 21.2. The Morgan fingerprint density at radius 3 is 3.00 bits per heavy atom. The maximum atomic E-state index is 12.8. The van der Waals surface area contributed by atoms with Crippen molar-refractivity contribution in [2.45, 2.75) is 38.2 Å². The molecule has 1 atom stereocenters. The van der Waals surface area contributed by atoms with E-state index in [1.54, 1.807) is 6.20 Å². The number of carbonyl (C=O) groups excluding carboxylic acids is 1. The largest absolute Gasteiger partial charge is 0.374 e. The zero-order valence-corrected chi connectivity index (χ0v) is 14.1. The van der Waals surface area contributed by atoms with Crippen LogP contribution in [0.2, 0.25) is 0 Å². The van der Waals surface area contributed by atoms with Crippen LogP contribution in [0.5, 0.6) is 0 Å². The number of carbonyl (C=O) groups is 1. The fourth-order valence-corrected chi connectivity index (χ4v) is 4.06. The van der Waals surface area contributed by atoms with Crippen molar-refractivity contribution in [1.82, 2.24) is 9.88 Å². The Morgan fingerprint density at radius 2 is 2.32 bits per heavy atom. The third-order valence-electron chi connectivity index (χ3n) is 4.62. The van der Waals surface area contributed by atoms with Crippen LogP contribution in [-0.4, -0.2) is 55.2 Å². The molecule has 0 unspecified atom stereocenters. The molecule has 3 rings (SSSR count). The number of hydrogen-bond donors (Lipinski definition) is 0. The number of likely N-dealkylation sites (N-methyl/N-ethyl adjacent to an activating group) is 1. The van der Waals surface area contributed by atoms with Crippen molar-refractivity contribution < 1.29 is 9.53 Å². The molecular formula is C16H25N3O2S. The lowest BCUT2D eigenvalue weighted by molar-refractivity contribution is -0.120. The molecule has 2 aliphatic rings. The van der Waals surface area contributed by atoms with Crippen molar-refractivity contribution in [3.8, 4) is 0 Å². The Morgan fingerprint density at radius 1 is 1.50 bits per heavy atom. The van der Waals surface area contributed by atoms with E-state index in [0.717, 1.165) is 24.8 Å². The van der Waals surface area contributed by atoms with Crippen LogP contribution in [-0.2, 0) is 9.53 Å². The number of aromatic nitrogens is 1. The molecule has 1 aromatic heterocycles. The standard InChI is InChI=1S/C16H25N3O2S/c1-18-7-8-21-14(11-18)12-19(16-17-6-9-22-16)15(20)10-13-4-2-3-5-13/h6,9,13-14H,2-5,7-8,10-12H2,1H3/t14-/m1/s1. The van der Waals surface area contributed by atoms with Gasteiger partial charge in [-0.25, -0.2) is 4.98 Å². The third kappa shape index (κ3) is 4.06. The molecule has 1 saturated heterocycles. The van der Waals surface area contributed by atoms with Crippen LogP contribution in [0.1, 0.15) is 32.1 Å². The maximum absolute atomic E-state index is 12.8. The van der Waals surface area contributed by atoms with Gasteiger partial charge in [-0.3, -0.25) is 9.69 Å². The highest BCUT2D eigenvalue weighted by Gasteiger charge is 2.28. The Hall–Kier alpha value is -0.980. The lowest BCUT2D eigenvalue weighted by atomic mass is 10.0. The first-order valence-corrected chi connectivity index (χ1v) is 9.10. The smallest absolute Gasteiger partial charge is 0.229 e. The van der Waals surface area contributed by atoms with Crippen LogP contribution in [0.3, 0.4) is 0 Å². The van der Waals surface area contributed by atoms with Gasteiger partial charge in [0, 0.05) is 31.1 Å². The van der Waals surface area contributed by atoms with Crippen molar-refractivity contribution >= 4 is 22.4 Å². The zero-order chi connectivity index (χ0) is 15.4. The monoisotopic (exact) mass is 323 g/mol. The Bertz CT molecular complexity index is 474. The average Bonchev–Trinajstić information content (AvgIpc) is 3.18. The van der Waals surface area contributed by atoms with Gasteiger partial charge < -0.3 is 9.64 Å². The quantitative estimate of drug-likeness (QED) is 0.835. The fraction of sp³-hybridized carbons (Fsp3) is 0.750. The highest BCUT2D eigenvalue weighted by molar-refractivity contribution is 7.13. The first-order valence-electron chi connectivity index (χ1n) is 8.22. The lowest BCUT2D eigenvalue weighted by Crippen LogP contribution is -2.47. The van der Waals surface area contributed by atoms with Gasteiger partial charge in [-0.1, -0.05) is 12.8 Å². The number of thiazole rings is 1. The summed E-state index contributed by atoms with van der Waals surface area (Å²) < 4.78 is 5.84. The van der Waals surface area contributed by atoms with Gasteiger partial charge in [-0.05, 0) is 25.8 Å². The molecule has 0 aromatic carbocycles. The second-order valence-corrected chi connectivity index (χ2v) is 7.30. The highest BCUT2D eigenvalue weighted by atomic mass is 32.1. The first-order chi connectivity index (χ1) is 10.7. The summed E-state index contributed by atoms with van der Waals surface area (Å²) in [5.41, 5.74) is 0. The molecule has 5 nitrogen and oxygen atoms in total. The normalized spacial score (nSPS) is 23.8. The van der Waals surface area contributed by atoms with Gasteiger partial charge in [0.1, 0.15) is 0 Å². The van der Waals surface area contributed by atoms with Crippen molar-refractivity contribution in [3.05, 3.63) is 11.6 Å². The number of amides is 1. The Kier molecular flexibility index (Phi) is 5.44. The topological polar surface area (TPSA) is 45.7 Å². The van der Waals surface area contributed by atoms with E-state index in [2.05, 4.69) is 16.9 Å². The summed E-state index contributed by atoms with van der Waals surface area (Å²) in [6.45, 7) is 3.19. The SMILES string of the molecule is CN1CCO[C@@H](CN(C(=O)CC2CCCC2)c2nccs2)C1. The van der Waals surface area contributed by atoms with Gasteiger partial charge in [0.2, 0.25) is 5.91 Å². The summed E-state index contributed by atoms with van der Waals surface area (Å²) in [5, 5.41) is 2.73. The zero-order valence-electron chi connectivity index (χ0n) is 13.2. The summed E-state index contributed by atoms with van der Waals surface area (Å²) in [6.07, 6.45) is 7.43. The van der Waals surface area contributed by atoms with Crippen molar-refractivity contribution in [2.75, 3.05) is 38.2 Å². The van der Waals surface area contributed by atoms with Crippen LogP contribution in [0, 0.1) is 5.92 Å². The molecule has 122 valence electrons. The van der Waals surface area contributed by atoms with E-state index in [9.17, 15) is 4.79 Å². The summed E-state index contributed by atoms with van der Waals surface area (Å²) >= 11 is 1.53. The molecule has 0 bridgehead atoms. The molecule has 2 fully saturated rings. The molecule has 22 heavy (non-hydrogen) atoms. The second-order valence-electron chi connectivity index (χ2n) is 6.43. The molecular weight excluding hydrogens is 298 g/mol. The van der Waals surface area contributed by atoms with E-state index in [1.807, 2.05) is 10.3 Å². The number of ether oxygens (including phenoxy) is 1. The average molecular weight is 323 g/mol. The Balaban J connectivity index is 1.65. The lowest BCUT2D eigenvalue weighted by Gasteiger charge is -2.33. The molecule has 1 saturated carbocycles. The van der Waals surface area contributed by atoms with Crippen molar-refractivity contribution in [1.29, 1.82) is 0 Å². The van der Waals surface area contributed by atoms with Gasteiger partial charge >= 0.3 is 0 Å². The number of rotatable bonds is 5. The first kappa shape index (κ1) is 15.9. The van der Waals surface area contributed by atoms with E-state index >= 15 is 0 Å². The fourth-order valence-electron chi connectivity index (χ4n) is 3.39. The van der Waals surface area contributed by atoms with Crippen LogP contribution in [0.25, 0.3) is 0 Å². The molecule has 0 N–H and O–H groups in total. The molecule has 0 spiro atoms. The van der Waals surface area contributed by atoms with Gasteiger partial charge in [0.15, 0.2) is 5.13 Å². The van der Waals surface area contributed by atoms with E-state index in [0.29, 0.717) is 18.9 Å². The van der Waals surface area contributed by atoms with Gasteiger partial charge in [0.25, 0.3) is 0 Å². The predicted molar refractivity (Wildman–Crippen MR) is 88.3 cm³/mol. The number of anilines is 1. The minimum absolute atomic E-state index is 0.0789. The molecule has 0 radical (unpaired) electrons. The minimum atomic E-state index is 0.0789. The molecule has 1 amide bonds. The molecule has 1 aliphatic heterocycles. The summed E-state index contributed by atoms with van der Waals surface area (Å²) in [6, 6.07) is 0. The third-order valence-corrected chi connectivity index (χ3v) is 5.41. The molecule has 2 heterocycles. The molecule has 6 heteroatoms. The molecule has 1 aromatic rings. The molecule has 1 aliphatic carbocycles. The van der Waals surface area contributed by atoms with E-state index < -0.39 is 0 Å². The van der Waals surface area contributed by atoms with E-state index in [4.69, 9.17) is 4.74 Å². The Labute approximate surface area is 136 Å². The van der Waals surface area contributed by atoms with Crippen molar-refractivity contribution in [2.24, 2.45) is 5.92 Å².